The minimum absolute atomic E-state index is 0.0363. The van der Waals surface area contributed by atoms with Crippen LogP contribution in [0.5, 0.6) is 0 Å². The maximum Gasteiger partial charge on any atom is 0.223 e. The van der Waals surface area contributed by atoms with Crippen LogP contribution in [0.3, 0.4) is 0 Å². The van der Waals surface area contributed by atoms with Crippen molar-refractivity contribution < 1.29 is 4.79 Å². The Hall–Kier alpha value is -1.35. The predicted octanol–water partition coefficient (Wildman–Crippen LogP) is 2.85. The van der Waals surface area contributed by atoms with Crippen LogP contribution < -0.4 is 11.1 Å². The van der Waals surface area contributed by atoms with Crippen LogP contribution >= 0.6 is 0 Å². The number of carbonyl (C=O) groups is 1. The highest BCUT2D eigenvalue weighted by Gasteiger charge is 2.27. The molecule has 116 valence electrons. The van der Waals surface area contributed by atoms with E-state index in [-0.39, 0.29) is 17.2 Å². The van der Waals surface area contributed by atoms with E-state index in [0.29, 0.717) is 12.5 Å². The minimum atomic E-state index is -0.0363. The Morgan fingerprint density at radius 2 is 1.81 bits per heavy atom. The molecule has 0 aromatic heterocycles. The topological polar surface area (TPSA) is 55.1 Å². The van der Waals surface area contributed by atoms with E-state index in [4.69, 9.17) is 5.73 Å². The summed E-state index contributed by atoms with van der Waals surface area (Å²) in [6, 6.07) is 10.4. The summed E-state index contributed by atoms with van der Waals surface area (Å²) in [5, 5.41) is 3.15. The maximum atomic E-state index is 12.3. The van der Waals surface area contributed by atoms with Crippen molar-refractivity contribution in [1.29, 1.82) is 0 Å². The van der Waals surface area contributed by atoms with Crippen molar-refractivity contribution in [3.63, 3.8) is 0 Å². The molecule has 1 amide bonds. The summed E-state index contributed by atoms with van der Waals surface area (Å²) in [7, 11) is 0. The van der Waals surface area contributed by atoms with Crippen LogP contribution in [0.15, 0.2) is 30.3 Å². The molecule has 0 bridgehead atoms. The zero-order valence-corrected chi connectivity index (χ0v) is 13.3. The van der Waals surface area contributed by atoms with Crippen LogP contribution in [0.2, 0.25) is 0 Å². The lowest BCUT2D eigenvalue weighted by molar-refractivity contribution is -0.126. The molecule has 0 spiro atoms. The van der Waals surface area contributed by atoms with Gasteiger partial charge in [-0.25, -0.2) is 0 Å². The Morgan fingerprint density at radius 3 is 2.38 bits per heavy atom. The predicted molar refractivity (Wildman–Crippen MR) is 87.0 cm³/mol. The first-order valence-corrected chi connectivity index (χ1v) is 8.06. The first kappa shape index (κ1) is 16.0. The number of benzene rings is 1. The van der Waals surface area contributed by atoms with Gasteiger partial charge in [0, 0.05) is 17.9 Å². The summed E-state index contributed by atoms with van der Waals surface area (Å²) in [5.41, 5.74) is 6.93. The number of hydrogen-bond donors (Lipinski definition) is 2. The Labute approximate surface area is 128 Å². The number of hydrogen-bond acceptors (Lipinski definition) is 2. The third-order valence-corrected chi connectivity index (χ3v) is 4.81. The van der Waals surface area contributed by atoms with E-state index in [1.165, 1.54) is 5.56 Å². The molecule has 21 heavy (non-hydrogen) atoms. The second kappa shape index (κ2) is 7.08. The van der Waals surface area contributed by atoms with Crippen molar-refractivity contribution in [2.75, 3.05) is 13.1 Å². The molecular weight excluding hydrogens is 260 g/mol. The number of nitrogens with one attached hydrogen (secondary N) is 1. The van der Waals surface area contributed by atoms with Crippen LogP contribution in [-0.4, -0.2) is 19.0 Å². The molecular formula is C18H28N2O. The van der Waals surface area contributed by atoms with Crippen molar-refractivity contribution in [1.82, 2.24) is 5.32 Å². The Balaban J connectivity index is 1.84. The van der Waals surface area contributed by atoms with Gasteiger partial charge in [0.15, 0.2) is 0 Å². The SMILES string of the molecule is CC(C)(CNC(=O)C1CCC(CN)CC1)c1ccccc1. The molecule has 1 fully saturated rings. The van der Waals surface area contributed by atoms with E-state index in [1.54, 1.807) is 0 Å². The summed E-state index contributed by atoms with van der Waals surface area (Å²) >= 11 is 0. The van der Waals surface area contributed by atoms with Crippen molar-refractivity contribution in [2.24, 2.45) is 17.6 Å². The number of nitrogens with two attached hydrogens (primary N) is 1. The second-order valence-electron chi connectivity index (χ2n) is 6.92. The number of carbonyl (C=O) groups excluding carboxylic acids is 1. The minimum Gasteiger partial charge on any atom is -0.355 e. The summed E-state index contributed by atoms with van der Waals surface area (Å²) in [6.45, 7) is 5.80. The third kappa shape index (κ3) is 4.31. The van der Waals surface area contributed by atoms with E-state index >= 15 is 0 Å². The molecule has 0 aliphatic heterocycles. The average molecular weight is 288 g/mol. The first-order valence-electron chi connectivity index (χ1n) is 8.06. The third-order valence-electron chi connectivity index (χ3n) is 4.81. The Bertz CT molecular complexity index is 448. The summed E-state index contributed by atoms with van der Waals surface area (Å²) in [6.07, 6.45) is 4.16. The van der Waals surface area contributed by atoms with Gasteiger partial charge in [-0.2, -0.15) is 0 Å². The van der Waals surface area contributed by atoms with Gasteiger partial charge in [0.1, 0.15) is 0 Å². The first-order chi connectivity index (χ1) is 10.0. The van der Waals surface area contributed by atoms with Crippen LogP contribution in [0, 0.1) is 11.8 Å². The van der Waals surface area contributed by atoms with Gasteiger partial charge in [0.25, 0.3) is 0 Å². The molecule has 0 saturated heterocycles. The van der Waals surface area contributed by atoms with Crippen molar-refractivity contribution in [3.05, 3.63) is 35.9 Å². The largest absolute Gasteiger partial charge is 0.355 e. The van der Waals surface area contributed by atoms with Gasteiger partial charge in [0.2, 0.25) is 5.91 Å². The molecule has 0 radical (unpaired) electrons. The van der Waals surface area contributed by atoms with E-state index in [9.17, 15) is 4.79 Å². The highest BCUT2D eigenvalue weighted by Crippen LogP contribution is 2.28. The van der Waals surface area contributed by atoms with Crippen LogP contribution in [0.4, 0.5) is 0 Å². The molecule has 0 heterocycles. The molecule has 1 aromatic rings. The quantitative estimate of drug-likeness (QED) is 0.875. The molecule has 3 N–H and O–H groups in total. The normalized spacial score (nSPS) is 22.8. The molecule has 0 atom stereocenters. The number of rotatable bonds is 5. The molecule has 2 rings (SSSR count). The fraction of sp³-hybridized carbons (Fsp3) is 0.611. The van der Waals surface area contributed by atoms with Gasteiger partial charge in [-0.15, -0.1) is 0 Å². The molecule has 3 heteroatoms. The van der Waals surface area contributed by atoms with Gasteiger partial charge in [-0.1, -0.05) is 44.2 Å². The molecule has 1 aliphatic rings. The Morgan fingerprint density at radius 1 is 1.19 bits per heavy atom. The van der Waals surface area contributed by atoms with Gasteiger partial charge < -0.3 is 11.1 Å². The van der Waals surface area contributed by atoms with E-state index < -0.39 is 0 Å². The molecule has 0 unspecified atom stereocenters. The monoisotopic (exact) mass is 288 g/mol. The lowest BCUT2D eigenvalue weighted by atomic mass is 9.81. The molecule has 3 nitrogen and oxygen atoms in total. The summed E-state index contributed by atoms with van der Waals surface area (Å²) in [5.74, 6) is 1.02. The smallest absolute Gasteiger partial charge is 0.223 e. The highest BCUT2D eigenvalue weighted by atomic mass is 16.1. The maximum absolute atomic E-state index is 12.3. The van der Waals surface area contributed by atoms with Crippen molar-refractivity contribution in [2.45, 2.75) is 44.9 Å². The second-order valence-corrected chi connectivity index (χ2v) is 6.92. The lowest BCUT2D eigenvalue weighted by Gasteiger charge is -2.30. The van der Waals surface area contributed by atoms with Gasteiger partial charge in [-0.3, -0.25) is 4.79 Å². The van der Waals surface area contributed by atoms with Crippen LogP contribution in [-0.2, 0) is 10.2 Å². The van der Waals surface area contributed by atoms with E-state index in [2.05, 4.69) is 31.3 Å². The molecule has 1 aromatic carbocycles. The summed E-state index contributed by atoms with van der Waals surface area (Å²) < 4.78 is 0. The van der Waals surface area contributed by atoms with E-state index in [0.717, 1.165) is 32.2 Å². The van der Waals surface area contributed by atoms with Gasteiger partial charge in [0.05, 0.1) is 0 Å². The molecule has 1 aliphatic carbocycles. The number of amides is 1. The van der Waals surface area contributed by atoms with Crippen LogP contribution in [0.25, 0.3) is 0 Å². The summed E-state index contributed by atoms with van der Waals surface area (Å²) in [4.78, 5) is 12.3. The van der Waals surface area contributed by atoms with Crippen molar-refractivity contribution >= 4 is 5.91 Å². The van der Waals surface area contributed by atoms with Crippen molar-refractivity contribution in [3.8, 4) is 0 Å². The van der Waals surface area contributed by atoms with Crippen LogP contribution in [0.1, 0.15) is 45.1 Å². The van der Waals surface area contributed by atoms with Gasteiger partial charge in [-0.05, 0) is 43.7 Å². The Kier molecular flexibility index (Phi) is 5.40. The zero-order chi connectivity index (χ0) is 15.3. The zero-order valence-electron chi connectivity index (χ0n) is 13.3. The molecule has 1 saturated carbocycles. The van der Waals surface area contributed by atoms with E-state index in [1.807, 2.05) is 18.2 Å². The average Bonchev–Trinajstić information content (AvgIpc) is 2.53. The lowest BCUT2D eigenvalue weighted by Crippen LogP contribution is -2.40. The van der Waals surface area contributed by atoms with Gasteiger partial charge >= 0.3 is 0 Å². The fourth-order valence-electron chi connectivity index (χ4n) is 3.10. The standard InChI is InChI=1S/C18H28N2O/c1-18(2,16-6-4-3-5-7-16)13-20-17(21)15-10-8-14(12-19)9-11-15/h3-7,14-15H,8-13,19H2,1-2H3,(H,20,21). The highest BCUT2D eigenvalue weighted by molar-refractivity contribution is 5.78. The fourth-order valence-corrected chi connectivity index (χ4v) is 3.10.